The lowest BCUT2D eigenvalue weighted by atomic mass is 9.91. The number of thiophene rings is 1. The highest BCUT2D eigenvalue weighted by molar-refractivity contribution is 7.50. The molecule has 3 aliphatic rings. The number of nitrogens with one attached hydrogen (secondary N) is 1. The summed E-state index contributed by atoms with van der Waals surface area (Å²) in [4.78, 5) is 75.3. The first kappa shape index (κ1) is 28.8. The maximum Gasteiger partial charge on any atom is 0.329 e. The minimum absolute atomic E-state index is 0.0212. The zero-order valence-corrected chi connectivity index (χ0v) is 24.9. The van der Waals surface area contributed by atoms with E-state index in [4.69, 9.17) is 0 Å². The molecule has 1 aromatic carbocycles. The fourth-order valence-corrected chi connectivity index (χ4v) is 8.11. The molecule has 0 saturated carbocycles. The molecule has 5 heterocycles. The number of likely N-dealkylation sites (tertiary alicyclic amines) is 1. The van der Waals surface area contributed by atoms with Crippen molar-refractivity contribution in [1.29, 1.82) is 0 Å². The molecule has 0 unspecified atom stereocenters. The molecule has 3 atom stereocenters. The number of aryl methyl sites for hydroxylation is 1. The predicted molar refractivity (Wildman–Crippen MR) is 157 cm³/mol. The molecule has 6 rings (SSSR count). The number of fused-ring (bicyclic) bond motifs is 2. The lowest BCUT2D eigenvalue weighted by Gasteiger charge is -2.42. The van der Waals surface area contributed by atoms with Crippen LogP contribution in [0.25, 0.3) is 10.1 Å². The van der Waals surface area contributed by atoms with Crippen molar-refractivity contribution < 1.29 is 28.7 Å². The van der Waals surface area contributed by atoms with Crippen molar-refractivity contribution in [2.24, 2.45) is 7.05 Å². The topological polar surface area (TPSA) is 149 Å². The number of carbonyl (C=O) groups excluding carboxylic acids is 3. The predicted octanol–water partition coefficient (Wildman–Crippen LogP) is 2.55. The molecule has 0 aliphatic carbocycles. The van der Waals surface area contributed by atoms with Crippen molar-refractivity contribution in [2.75, 3.05) is 13.1 Å². The molecule has 0 radical (unpaired) electrons. The van der Waals surface area contributed by atoms with Gasteiger partial charge >= 0.3 is 7.60 Å². The first-order valence-corrected chi connectivity index (χ1v) is 16.7. The van der Waals surface area contributed by atoms with Gasteiger partial charge in [-0.3, -0.25) is 23.7 Å². The Morgan fingerprint density at radius 3 is 2.62 bits per heavy atom. The third-order valence-electron chi connectivity index (χ3n) is 8.59. The zero-order chi connectivity index (χ0) is 29.8. The minimum Gasteiger partial charge on any atom is -0.357 e. The summed E-state index contributed by atoms with van der Waals surface area (Å²) in [5.41, 5.74) is 1.14. The maximum absolute atomic E-state index is 13.8. The van der Waals surface area contributed by atoms with Crippen LogP contribution in [0, 0.1) is 0 Å². The first-order valence-electron chi connectivity index (χ1n) is 14.1. The molecule has 0 spiro atoms. The summed E-state index contributed by atoms with van der Waals surface area (Å²) >= 11 is 1.25. The number of hydrogen-bond donors (Lipinski definition) is 3. The van der Waals surface area contributed by atoms with Crippen LogP contribution >= 0.6 is 18.9 Å². The minimum atomic E-state index is -4.22. The Hall–Kier alpha value is -3.31. The second kappa shape index (κ2) is 11.1. The Morgan fingerprint density at radius 2 is 1.86 bits per heavy atom. The van der Waals surface area contributed by atoms with Crippen LogP contribution in [-0.4, -0.2) is 73.1 Å². The van der Waals surface area contributed by atoms with Gasteiger partial charge in [0.05, 0.1) is 11.0 Å². The van der Waals surface area contributed by atoms with Gasteiger partial charge in [0.25, 0.3) is 5.91 Å². The highest BCUT2D eigenvalue weighted by atomic mass is 32.1. The third-order valence-corrected chi connectivity index (χ3v) is 10.5. The van der Waals surface area contributed by atoms with E-state index in [1.54, 1.807) is 40.3 Å². The maximum atomic E-state index is 13.8. The van der Waals surface area contributed by atoms with Gasteiger partial charge in [-0.05, 0) is 61.3 Å². The molecule has 3 N–H and O–H groups in total. The van der Waals surface area contributed by atoms with Crippen molar-refractivity contribution in [2.45, 2.75) is 62.3 Å². The number of carbonyl (C=O) groups is 3. The normalized spacial score (nSPS) is 23.0. The molecule has 3 fully saturated rings. The highest BCUT2D eigenvalue weighted by Gasteiger charge is 2.47. The number of aromatic nitrogens is 1. The van der Waals surface area contributed by atoms with E-state index in [9.17, 15) is 33.5 Å². The third kappa shape index (κ3) is 5.68. The van der Waals surface area contributed by atoms with Crippen LogP contribution in [0.15, 0.2) is 47.5 Å². The van der Waals surface area contributed by atoms with Crippen LogP contribution in [0.4, 0.5) is 0 Å². The van der Waals surface area contributed by atoms with E-state index in [1.807, 2.05) is 17.8 Å². The second-order valence-corrected chi connectivity index (χ2v) is 14.4. The van der Waals surface area contributed by atoms with Crippen molar-refractivity contribution >= 4 is 46.7 Å². The molecular formula is C29H33N4O7PS. The molecule has 222 valence electrons. The van der Waals surface area contributed by atoms with Gasteiger partial charge in [-0.25, -0.2) is 0 Å². The van der Waals surface area contributed by atoms with Gasteiger partial charge < -0.3 is 29.5 Å². The first-order chi connectivity index (χ1) is 20.0. The summed E-state index contributed by atoms with van der Waals surface area (Å²) in [5.74, 6) is -0.744. The van der Waals surface area contributed by atoms with E-state index in [0.717, 1.165) is 24.0 Å². The summed E-state index contributed by atoms with van der Waals surface area (Å²) in [7, 11) is -2.36. The van der Waals surface area contributed by atoms with Crippen LogP contribution in [0.2, 0.25) is 0 Å². The van der Waals surface area contributed by atoms with Crippen molar-refractivity contribution in [3.63, 3.8) is 0 Å². The van der Waals surface area contributed by atoms with E-state index in [0.29, 0.717) is 47.3 Å². The molecule has 3 saturated heterocycles. The van der Waals surface area contributed by atoms with Gasteiger partial charge in [0.1, 0.15) is 12.1 Å². The monoisotopic (exact) mass is 612 g/mol. The number of nitrogens with zero attached hydrogens (tertiary/aromatic N) is 3. The number of amides is 3. The Balaban J connectivity index is 1.13. The van der Waals surface area contributed by atoms with Crippen LogP contribution < -0.4 is 10.7 Å². The Morgan fingerprint density at radius 1 is 1.07 bits per heavy atom. The van der Waals surface area contributed by atoms with E-state index >= 15 is 0 Å². The van der Waals surface area contributed by atoms with E-state index in [1.165, 1.54) is 17.4 Å². The molecule has 2 aromatic heterocycles. The average Bonchev–Trinajstić information content (AvgIpc) is 3.48. The molecular weight excluding hydrogens is 579 g/mol. The van der Waals surface area contributed by atoms with Crippen molar-refractivity contribution in [3.05, 3.63) is 69.0 Å². The van der Waals surface area contributed by atoms with Crippen LogP contribution in [0.3, 0.4) is 0 Å². The summed E-state index contributed by atoms with van der Waals surface area (Å²) in [6.07, 6.45) is 6.47. The fourth-order valence-electron chi connectivity index (χ4n) is 6.49. The summed E-state index contributed by atoms with van der Waals surface area (Å²) < 4.78 is 14.0. The molecule has 42 heavy (non-hydrogen) atoms. The second-order valence-electron chi connectivity index (χ2n) is 11.6. The lowest BCUT2D eigenvalue weighted by Crippen LogP contribution is -2.59. The Labute approximate surface area is 246 Å². The molecule has 3 amide bonds. The average molecular weight is 613 g/mol. The van der Waals surface area contributed by atoms with Gasteiger partial charge in [-0.1, -0.05) is 6.07 Å². The van der Waals surface area contributed by atoms with E-state index in [2.05, 4.69) is 5.32 Å². The summed E-state index contributed by atoms with van der Waals surface area (Å²) in [5, 5.41) is 3.61. The fraction of sp³-hybridized carbons (Fsp3) is 0.448. The number of benzene rings is 1. The standard InChI is InChI=1S/C29H33N4O7PS/c1-31-10-9-24(34)21(15-31)19-13-32(14-19)29(37)23-7-6-20-3-2-4-22(28(36)33(20)23)30-27(35)26-12-18-11-17(16-41(38,39)40)5-8-25(18)42-26/h5,8-12,15,19-20,22-23H,2-4,6-7,13-14,16H2,1H3,(H,30,35)(H2,38,39,40)/t20-,22-,23-/m0/s1. The van der Waals surface area contributed by atoms with Gasteiger partial charge in [-0.2, -0.15) is 0 Å². The van der Waals surface area contributed by atoms with Crippen LogP contribution in [0.5, 0.6) is 0 Å². The lowest BCUT2D eigenvalue weighted by molar-refractivity contribution is -0.148. The summed E-state index contributed by atoms with van der Waals surface area (Å²) in [6, 6.07) is 6.89. The molecule has 13 heteroatoms. The molecule has 3 aromatic rings. The van der Waals surface area contributed by atoms with Crippen LogP contribution in [0.1, 0.15) is 58.8 Å². The molecule has 3 aliphatic heterocycles. The van der Waals surface area contributed by atoms with Gasteiger partial charge in [0.15, 0.2) is 5.43 Å². The quantitative estimate of drug-likeness (QED) is 0.362. The van der Waals surface area contributed by atoms with Gasteiger partial charge in [-0.15, -0.1) is 11.3 Å². The molecule has 0 bridgehead atoms. The summed E-state index contributed by atoms with van der Waals surface area (Å²) in [6.45, 7) is 0.895. The number of pyridine rings is 1. The number of rotatable bonds is 6. The highest BCUT2D eigenvalue weighted by Crippen LogP contribution is 2.40. The zero-order valence-electron chi connectivity index (χ0n) is 23.1. The van der Waals surface area contributed by atoms with E-state index in [-0.39, 0.29) is 41.3 Å². The van der Waals surface area contributed by atoms with Crippen molar-refractivity contribution in [1.82, 2.24) is 19.7 Å². The van der Waals surface area contributed by atoms with Gasteiger partial charge in [0, 0.05) is 60.8 Å². The van der Waals surface area contributed by atoms with Crippen LogP contribution in [-0.2, 0) is 27.4 Å². The SMILES string of the molecule is Cn1ccc(=O)c(C2CN(C(=O)[C@@H]3CC[C@@H]4CCC[C@H](NC(=O)c5cc6cc(CP(=O)(O)O)ccc6s5)C(=O)N43)C2)c1. The smallest absolute Gasteiger partial charge is 0.329 e. The van der Waals surface area contributed by atoms with Gasteiger partial charge in [0.2, 0.25) is 11.8 Å². The Bertz CT molecular complexity index is 1670. The molecule has 11 nitrogen and oxygen atoms in total. The Kier molecular flexibility index (Phi) is 7.59. The number of hydrogen-bond acceptors (Lipinski definition) is 6. The largest absolute Gasteiger partial charge is 0.357 e. The van der Waals surface area contributed by atoms with Crippen molar-refractivity contribution in [3.8, 4) is 0 Å². The van der Waals surface area contributed by atoms with E-state index < -0.39 is 19.7 Å².